The predicted octanol–water partition coefficient (Wildman–Crippen LogP) is 4.06. The lowest BCUT2D eigenvalue weighted by Crippen LogP contribution is -2.47. The van der Waals surface area contributed by atoms with Crippen molar-refractivity contribution in [3.8, 4) is 0 Å². The van der Waals surface area contributed by atoms with Crippen molar-refractivity contribution in [1.29, 1.82) is 0 Å². The zero-order valence-corrected chi connectivity index (χ0v) is 15.9. The first-order chi connectivity index (χ1) is 11.5. The normalized spacial score (nSPS) is 20.8. The highest BCUT2D eigenvalue weighted by atomic mass is 35.5. The van der Waals surface area contributed by atoms with Crippen molar-refractivity contribution in [2.75, 3.05) is 39.4 Å². The minimum atomic E-state index is -4.47. The van der Waals surface area contributed by atoms with Crippen LogP contribution in [0.25, 0.3) is 0 Å². The van der Waals surface area contributed by atoms with Gasteiger partial charge in [0.15, 0.2) is 0 Å². The second-order valence-electron chi connectivity index (χ2n) is 6.41. The number of nitrogens with one attached hydrogen (secondary N) is 1. The molecular formula is C17H24Cl2F4N2O. The van der Waals surface area contributed by atoms with Gasteiger partial charge in [0, 0.05) is 51.0 Å². The zero-order chi connectivity index (χ0) is 17.2. The highest BCUT2D eigenvalue weighted by Crippen LogP contribution is 2.39. The summed E-state index contributed by atoms with van der Waals surface area (Å²) < 4.78 is 59.1. The van der Waals surface area contributed by atoms with Gasteiger partial charge in [-0.25, -0.2) is 4.39 Å². The van der Waals surface area contributed by atoms with Crippen molar-refractivity contribution in [2.45, 2.75) is 25.1 Å². The maximum atomic E-state index is 14.5. The molecule has 0 aromatic heterocycles. The van der Waals surface area contributed by atoms with Gasteiger partial charge in [0.25, 0.3) is 0 Å². The summed E-state index contributed by atoms with van der Waals surface area (Å²) in [6.45, 7) is 4.09. The molecule has 9 heteroatoms. The summed E-state index contributed by atoms with van der Waals surface area (Å²) in [5.41, 5.74) is -0.621. The van der Waals surface area contributed by atoms with E-state index in [1.807, 2.05) is 0 Å². The van der Waals surface area contributed by atoms with Crippen LogP contribution >= 0.6 is 24.8 Å². The number of alkyl halides is 3. The third-order valence-electron chi connectivity index (χ3n) is 4.90. The van der Waals surface area contributed by atoms with E-state index in [-0.39, 0.29) is 42.3 Å². The molecule has 0 amide bonds. The molecule has 0 saturated carbocycles. The van der Waals surface area contributed by atoms with Gasteiger partial charge in [0.2, 0.25) is 0 Å². The number of rotatable bonds is 3. The van der Waals surface area contributed by atoms with Crippen LogP contribution in [-0.2, 0) is 10.9 Å². The number of benzene rings is 1. The lowest BCUT2D eigenvalue weighted by atomic mass is 9.84. The topological polar surface area (TPSA) is 24.5 Å². The molecule has 150 valence electrons. The third kappa shape index (κ3) is 5.45. The molecule has 0 radical (unpaired) electrons. The molecular weight excluding hydrogens is 395 g/mol. The molecule has 26 heavy (non-hydrogen) atoms. The van der Waals surface area contributed by atoms with Crippen molar-refractivity contribution in [3.63, 3.8) is 0 Å². The van der Waals surface area contributed by atoms with E-state index in [9.17, 15) is 17.6 Å². The van der Waals surface area contributed by atoms with Crippen LogP contribution in [0.3, 0.4) is 0 Å². The van der Waals surface area contributed by atoms with Gasteiger partial charge in [-0.15, -0.1) is 24.8 Å². The van der Waals surface area contributed by atoms with E-state index >= 15 is 0 Å². The molecule has 0 aliphatic carbocycles. The van der Waals surface area contributed by atoms with Crippen molar-refractivity contribution in [1.82, 2.24) is 10.2 Å². The Labute approximate surface area is 163 Å². The third-order valence-corrected chi connectivity index (χ3v) is 4.90. The van der Waals surface area contributed by atoms with Crippen LogP contribution in [0.5, 0.6) is 0 Å². The van der Waals surface area contributed by atoms with Crippen molar-refractivity contribution < 1.29 is 22.3 Å². The fourth-order valence-corrected chi connectivity index (χ4v) is 3.69. The molecule has 0 unspecified atom stereocenters. The van der Waals surface area contributed by atoms with Gasteiger partial charge < -0.3 is 10.1 Å². The molecule has 3 rings (SSSR count). The summed E-state index contributed by atoms with van der Waals surface area (Å²) in [7, 11) is 0. The summed E-state index contributed by atoms with van der Waals surface area (Å²) in [6, 6.07) is 2.43. The number of halogens is 6. The van der Waals surface area contributed by atoms with Gasteiger partial charge in [0.1, 0.15) is 5.82 Å². The fourth-order valence-electron chi connectivity index (χ4n) is 3.69. The molecule has 1 aromatic rings. The molecule has 1 N–H and O–H groups in total. The Morgan fingerprint density at radius 1 is 1.08 bits per heavy atom. The quantitative estimate of drug-likeness (QED) is 0.748. The average Bonchev–Trinajstić information content (AvgIpc) is 2.58. The summed E-state index contributed by atoms with van der Waals surface area (Å²) in [5.74, 6) is -0.451. The van der Waals surface area contributed by atoms with Gasteiger partial charge in [-0.3, -0.25) is 4.90 Å². The van der Waals surface area contributed by atoms with E-state index in [0.717, 1.165) is 44.1 Å². The first kappa shape index (κ1) is 23.4. The van der Waals surface area contributed by atoms with E-state index in [0.29, 0.717) is 26.3 Å². The molecule has 1 atom stereocenters. The molecule has 0 bridgehead atoms. The minimum absolute atomic E-state index is 0. The molecule has 3 nitrogen and oxygen atoms in total. The van der Waals surface area contributed by atoms with Crippen LogP contribution < -0.4 is 5.32 Å². The monoisotopic (exact) mass is 418 g/mol. The molecule has 1 aromatic carbocycles. The number of nitrogens with zero attached hydrogens (tertiary/aromatic N) is 1. The molecule has 2 heterocycles. The van der Waals surface area contributed by atoms with Gasteiger partial charge >= 0.3 is 6.18 Å². The van der Waals surface area contributed by atoms with Crippen molar-refractivity contribution in [3.05, 3.63) is 35.1 Å². The minimum Gasteiger partial charge on any atom is -0.381 e. The first-order valence-electron chi connectivity index (χ1n) is 8.36. The Bertz CT molecular complexity index is 544. The van der Waals surface area contributed by atoms with Gasteiger partial charge in [-0.05, 0) is 37.0 Å². The molecule has 0 spiro atoms. The molecule has 2 aliphatic heterocycles. The Balaban J connectivity index is 0.00000169. The number of hydrogen-bond acceptors (Lipinski definition) is 3. The van der Waals surface area contributed by atoms with E-state index in [1.165, 1.54) is 0 Å². The van der Waals surface area contributed by atoms with E-state index in [4.69, 9.17) is 4.74 Å². The summed E-state index contributed by atoms with van der Waals surface area (Å²) >= 11 is 0. The largest absolute Gasteiger partial charge is 0.416 e. The van der Waals surface area contributed by atoms with Crippen LogP contribution in [0.15, 0.2) is 18.2 Å². The summed E-state index contributed by atoms with van der Waals surface area (Å²) in [4.78, 5) is 2.12. The highest BCUT2D eigenvalue weighted by molar-refractivity contribution is 5.85. The molecule has 2 saturated heterocycles. The lowest BCUT2D eigenvalue weighted by molar-refractivity contribution is -0.137. The standard InChI is InChI=1S/C17H22F4N2O.2ClH/c18-15-2-1-13(17(19,20)21)11-14(15)16(12-3-9-24-10-4-12)23-7-5-22-6-8-23;;/h1-2,11-12,16,22H,3-10H2;2*1H/t16-;;/m0../s1. The summed E-state index contributed by atoms with van der Waals surface area (Å²) in [6.07, 6.45) is -2.99. The van der Waals surface area contributed by atoms with Gasteiger partial charge in [-0.2, -0.15) is 13.2 Å². The van der Waals surface area contributed by atoms with Crippen molar-refractivity contribution in [2.24, 2.45) is 5.92 Å². The maximum absolute atomic E-state index is 14.5. The second kappa shape index (κ2) is 10.1. The Kier molecular flexibility index (Phi) is 9.09. The lowest BCUT2D eigenvalue weighted by Gasteiger charge is -2.41. The summed E-state index contributed by atoms with van der Waals surface area (Å²) in [5, 5.41) is 3.23. The van der Waals surface area contributed by atoms with E-state index in [1.54, 1.807) is 0 Å². The first-order valence-corrected chi connectivity index (χ1v) is 8.36. The molecule has 2 fully saturated rings. The number of piperazine rings is 1. The van der Waals surface area contributed by atoms with E-state index in [2.05, 4.69) is 10.2 Å². The Morgan fingerprint density at radius 3 is 2.27 bits per heavy atom. The fraction of sp³-hybridized carbons (Fsp3) is 0.647. The van der Waals surface area contributed by atoms with Crippen LogP contribution in [0.1, 0.15) is 30.0 Å². The number of hydrogen-bond donors (Lipinski definition) is 1. The average molecular weight is 419 g/mol. The van der Waals surface area contributed by atoms with Gasteiger partial charge in [-0.1, -0.05) is 0 Å². The van der Waals surface area contributed by atoms with Gasteiger partial charge in [0.05, 0.1) is 5.56 Å². The predicted molar refractivity (Wildman–Crippen MR) is 96.6 cm³/mol. The highest BCUT2D eigenvalue weighted by Gasteiger charge is 2.36. The Morgan fingerprint density at radius 2 is 1.69 bits per heavy atom. The van der Waals surface area contributed by atoms with E-state index < -0.39 is 17.6 Å². The molecule has 2 aliphatic rings. The second-order valence-corrected chi connectivity index (χ2v) is 6.41. The zero-order valence-electron chi connectivity index (χ0n) is 14.2. The Hall–Kier alpha value is -0.600. The van der Waals surface area contributed by atoms with Crippen LogP contribution in [0, 0.1) is 11.7 Å². The van der Waals surface area contributed by atoms with Crippen LogP contribution in [0.2, 0.25) is 0 Å². The van der Waals surface area contributed by atoms with Crippen molar-refractivity contribution >= 4 is 24.8 Å². The smallest absolute Gasteiger partial charge is 0.381 e. The van der Waals surface area contributed by atoms with Crippen LogP contribution in [-0.4, -0.2) is 44.3 Å². The van der Waals surface area contributed by atoms with Crippen LogP contribution in [0.4, 0.5) is 17.6 Å². The number of ether oxygens (including phenoxy) is 1. The maximum Gasteiger partial charge on any atom is 0.416 e. The SMILES string of the molecule is Cl.Cl.Fc1ccc(C(F)(F)F)cc1[C@H](C1CCOCC1)N1CCNCC1.